The molecule has 0 amide bonds. The van der Waals surface area contributed by atoms with E-state index in [9.17, 15) is 5.11 Å². The lowest BCUT2D eigenvalue weighted by atomic mass is 10.1. The Morgan fingerprint density at radius 1 is 0.846 bits per heavy atom. The zero-order valence-corrected chi connectivity index (χ0v) is 14.9. The van der Waals surface area contributed by atoms with Crippen molar-refractivity contribution in [3.8, 4) is 45.7 Å². The molecule has 26 heavy (non-hydrogen) atoms. The molecule has 1 heterocycles. The Morgan fingerprint density at radius 2 is 1.50 bits per heavy atom. The van der Waals surface area contributed by atoms with Crippen LogP contribution >= 0.6 is 0 Å². The predicted octanol–water partition coefficient (Wildman–Crippen LogP) is 2.67. The molecule has 3 rings (SSSR count). The topological polar surface area (TPSA) is 87.9 Å². The van der Waals surface area contributed by atoms with Crippen LogP contribution in [0.4, 0.5) is 0 Å². The molecule has 1 N–H and O–H groups in total. The molecule has 8 nitrogen and oxygen atoms in total. The van der Waals surface area contributed by atoms with Gasteiger partial charge in [-0.2, -0.15) is 0 Å². The van der Waals surface area contributed by atoms with Gasteiger partial charge in [-0.15, -0.1) is 5.10 Å². The molecule has 8 heteroatoms. The van der Waals surface area contributed by atoms with E-state index in [4.69, 9.17) is 18.9 Å². The Labute approximate surface area is 150 Å². The van der Waals surface area contributed by atoms with Gasteiger partial charge in [-0.1, -0.05) is 5.21 Å². The molecule has 0 unspecified atom stereocenters. The molecule has 2 aromatic carbocycles. The van der Waals surface area contributed by atoms with E-state index in [-0.39, 0.29) is 5.75 Å². The second kappa shape index (κ2) is 7.22. The van der Waals surface area contributed by atoms with E-state index in [0.717, 1.165) is 5.56 Å². The molecule has 0 spiro atoms. The van der Waals surface area contributed by atoms with Crippen LogP contribution in [0.1, 0.15) is 0 Å². The van der Waals surface area contributed by atoms with Gasteiger partial charge in [0.05, 0.1) is 46.0 Å². The lowest BCUT2D eigenvalue weighted by molar-refractivity contribution is 0.324. The van der Waals surface area contributed by atoms with Crippen molar-refractivity contribution in [3.63, 3.8) is 0 Å². The number of benzene rings is 2. The molecule has 0 saturated heterocycles. The molecule has 3 aromatic rings. The summed E-state index contributed by atoms with van der Waals surface area (Å²) in [5, 5.41) is 18.2. The number of hydrogen-bond acceptors (Lipinski definition) is 7. The van der Waals surface area contributed by atoms with Gasteiger partial charge < -0.3 is 24.1 Å². The van der Waals surface area contributed by atoms with E-state index < -0.39 is 0 Å². The molecule has 136 valence electrons. The first-order valence-corrected chi connectivity index (χ1v) is 7.71. The standard InChI is InChI=1S/C18H19N3O5/c1-23-15-6-5-11(7-14(15)22)13-10-19-20-21(13)12-8-16(24-2)18(26-4)17(9-12)25-3/h5-10,22H,1-4H3. The molecule has 0 fully saturated rings. The van der Waals surface area contributed by atoms with E-state index >= 15 is 0 Å². The second-order valence-corrected chi connectivity index (χ2v) is 5.30. The molecule has 0 aliphatic carbocycles. The highest BCUT2D eigenvalue weighted by molar-refractivity contribution is 5.66. The third-order valence-electron chi connectivity index (χ3n) is 3.92. The van der Waals surface area contributed by atoms with Gasteiger partial charge in [0, 0.05) is 17.7 Å². The summed E-state index contributed by atoms with van der Waals surface area (Å²) >= 11 is 0. The highest BCUT2D eigenvalue weighted by Gasteiger charge is 2.17. The Balaban J connectivity index is 2.13. The summed E-state index contributed by atoms with van der Waals surface area (Å²) in [7, 11) is 6.13. The van der Waals surface area contributed by atoms with Crippen molar-refractivity contribution in [1.82, 2.24) is 15.0 Å². The minimum Gasteiger partial charge on any atom is -0.504 e. The zero-order chi connectivity index (χ0) is 18.7. The molecule has 0 saturated carbocycles. The Hall–Kier alpha value is -3.42. The van der Waals surface area contributed by atoms with Crippen LogP contribution in [0, 0.1) is 0 Å². The fraction of sp³-hybridized carbons (Fsp3) is 0.222. The summed E-state index contributed by atoms with van der Waals surface area (Å²) in [6.45, 7) is 0. The van der Waals surface area contributed by atoms with Crippen molar-refractivity contribution in [3.05, 3.63) is 36.5 Å². The first-order chi connectivity index (χ1) is 12.6. The van der Waals surface area contributed by atoms with Crippen LogP contribution in [-0.4, -0.2) is 48.5 Å². The highest BCUT2D eigenvalue weighted by Crippen LogP contribution is 2.40. The summed E-state index contributed by atoms with van der Waals surface area (Å²) in [5.74, 6) is 1.91. The average Bonchev–Trinajstić information content (AvgIpc) is 3.16. The van der Waals surface area contributed by atoms with Gasteiger partial charge in [-0.3, -0.25) is 0 Å². The summed E-state index contributed by atoms with van der Waals surface area (Å²) in [4.78, 5) is 0. The third kappa shape index (κ3) is 2.97. The number of hydrogen-bond donors (Lipinski definition) is 1. The fourth-order valence-electron chi connectivity index (χ4n) is 2.66. The monoisotopic (exact) mass is 357 g/mol. The Morgan fingerprint density at radius 3 is 2.04 bits per heavy atom. The molecule has 0 radical (unpaired) electrons. The van der Waals surface area contributed by atoms with Gasteiger partial charge in [0.1, 0.15) is 0 Å². The average molecular weight is 357 g/mol. The molecular formula is C18H19N3O5. The fourth-order valence-corrected chi connectivity index (χ4v) is 2.66. The van der Waals surface area contributed by atoms with E-state index in [0.29, 0.717) is 34.4 Å². The maximum atomic E-state index is 10.1. The van der Waals surface area contributed by atoms with Gasteiger partial charge in [0.15, 0.2) is 23.0 Å². The number of nitrogens with zero attached hydrogens (tertiary/aromatic N) is 3. The van der Waals surface area contributed by atoms with Crippen molar-refractivity contribution >= 4 is 0 Å². The molecule has 0 bridgehead atoms. The van der Waals surface area contributed by atoms with Gasteiger partial charge in [0.25, 0.3) is 0 Å². The van der Waals surface area contributed by atoms with Crippen LogP contribution in [0.15, 0.2) is 36.5 Å². The lowest BCUT2D eigenvalue weighted by Gasteiger charge is -2.15. The smallest absolute Gasteiger partial charge is 0.203 e. The van der Waals surface area contributed by atoms with Crippen LogP contribution < -0.4 is 18.9 Å². The number of methoxy groups -OCH3 is 4. The minimum atomic E-state index is 0.0302. The quantitative estimate of drug-likeness (QED) is 0.725. The zero-order valence-electron chi connectivity index (χ0n) is 14.9. The first kappa shape index (κ1) is 17.4. The van der Waals surface area contributed by atoms with Crippen LogP contribution in [0.25, 0.3) is 16.9 Å². The molecule has 1 aromatic heterocycles. The van der Waals surface area contributed by atoms with E-state index in [2.05, 4.69) is 10.3 Å². The molecule has 0 atom stereocenters. The summed E-state index contributed by atoms with van der Waals surface area (Å²) < 4.78 is 22.8. The van der Waals surface area contributed by atoms with Crippen molar-refractivity contribution < 1.29 is 24.1 Å². The van der Waals surface area contributed by atoms with Gasteiger partial charge in [0.2, 0.25) is 5.75 Å². The van der Waals surface area contributed by atoms with Crippen molar-refractivity contribution in [1.29, 1.82) is 0 Å². The summed E-state index contributed by atoms with van der Waals surface area (Å²) in [6, 6.07) is 8.61. The third-order valence-corrected chi connectivity index (χ3v) is 3.92. The number of rotatable bonds is 6. The van der Waals surface area contributed by atoms with Crippen molar-refractivity contribution in [2.24, 2.45) is 0 Å². The van der Waals surface area contributed by atoms with E-state index in [1.807, 2.05) is 6.07 Å². The Kier molecular flexibility index (Phi) is 4.83. The number of phenols is 1. The molecule has 0 aliphatic heterocycles. The molecule has 0 aliphatic rings. The maximum absolute atomic E-state index is 10.1. The predicted molar refractivity (Wildman–Crippen MR) is 94.7 cm³/mol. The normalized spacial score (nSPS) is 10.5. The first-order valence-electron chi connectivity index (χ1n) is 7.71. The minimum absolute atomic E-state index is 0.0302. The van der Waals surface area contributed by atoms with Crippen LogP contribution in [0.5, 0.6) is 28.7 Å². The maximum Gasteiger partial charge on any atom is 0.203 e. The van der Waals surface area contributed by atoms with Crippen LogP contribution in [0.2, 0.25) is 0 Å². The lowest BCUT2D eigenvalue weighted by Crippen LogP contribution is -2.02. The van der Waals surface area contributed by atoms with Gasteiger partial charge in [-0.05, 0) is 18.2 Å². The summed E-state index contributed by atoms with van der Waals surface area (Å²) in [6.07, 6.45) is 1.60. The second-order valence-electron chi connectivity index (χ2n) is 5.30. The van der Waals surface area contributed by atoms with Gasteiger partial charge >= 0.3 is 0 Å². The van der Waals surface area contributed by atoms with Crippen molar-refractivity contribution in [2.75, 3.05) is 28.4 Å². The van der Waals surface area contributed by atoms with E-state index in [1.54, 1.807) is 56.5 Å². The number of aromatic hydroxyl groups is 1. The van der Waals surface area contributed by atoms with Crippen LogP contribution in [0.3, 0.4) is 0 Å². The summed E-state index contributed by atoms with van der Waals surface area (Å²) in [5.41, 5.74) is 2.07. The number of ether oxygens (including phenoxy) is 4. The van der Waals surface area contributed by atoms with Crippen molar-refractivity contribution in [2.45, 2.75) is 0 Å². The molecular weight excluding hydrogens is 338 g/mol. The Bertz CT molecular complexity index is 898. The number of aromatic nitrogens is 3. The largest absolute Gasteiger partial charge is 0.504 e. The highest BCUT2D eigenvalue weighted by atomic mass is 16.5. The van der Waals surface area contributed by atoms with Gasteiger partial charge in [-0.25, -0.2) is 4.68 Å². The SMILES string of the molecule is COc1ccc(-c2cnnn2-c2cc(OC)c(OC)c(OC)c2)cc1O. The number of phenolic OH excluding ortho intramolecular Hbond substituents is 1. The van der Waals surface area contributed by atoms with Crippen LogP contribution in [-0.2, 0) is 0 Å². The van der Waals surface area contributed by atoms with E-state index in [1.165, 1.54) is 7.11 Å².